The van der Waals surface area contributed by atoms with Crippen LogP contribution in [0.2, 0.25) is 0 Å². The van der Waals surface area contributed by atoms with E-state index in [2.05, 4.69) is 17.6 Å². The van der Waals surface area contributed by atoms with E-state index in [0.29, 0.717) is 6.54 Å². The fourth-order valence-electron chi connectivity index (χ4n) is 2.24. The second-order valence-corrected chi connectivity index (χ2v) is 5.70. The Labute approximate surface area is 144 Å². The summed E-state index contributed by atoms with van der Waals surface area (Å²) < 4.78 is 0. The normalized spacial score (nSPS) is 12.3. The van der Waals surface area contributed by atoms with Gasteiger partial charge >= 0.3 is 0 Å². The van der Waals surface area contributed by atoms with Crippen molar-refractivity contribution in [1.82, 2.24) is 10.6 Å². The van der Waals surface area contributed by atoms with Crippen LogP contribution in [0, 0.1) is 11.3 Å². The first-order valence-corrected chi connectivity index (χ1v) is 8.46. The van der Waals surface area contributed by atoms with Crippen molar-refractivity contribution in [1.29, 1.82) is 5.26 Å². The summed E-state index contributed by atoms with van der Waals surface area (Å²) in [5.74, 6) is -0.382. The van der Waals surface area contributed by atoms with Crippen molar-refractivity contribution < 1.29 is 9.90 Å². The monoisotopic (exact) mass is 329 g/mol. The van der Waals surface area contributed by atoms with Gasteiger partial charge in [-0.3, -0.25) is 4.79 Å². The van der Waals surface area contributed by atoms with Gasteiger partial charge in [-0.25, -0.2) is 0 Å². The summed E-state index contributed by atoms with van der Waals surface area (Å²) in [6.45, 7) is 4.86. The molecule has 0 spiro atoms. The highest BCUT2D eigenvalue weighted by Crippen LogP contribution is 2.14. The molecule has 130 valence electrons. The molecule has 0 aliphatic heterocycles. The van der Waals surface area contributed by atoms with Gasteiger partial charge in [0.15, 0.2) is 0 Å². The minimum Gasteiger partial charge on any atom is -0.396 e. The van der Waals surface area contributed by atoms with E-state index in [9.17, 15) is 4.79 Å². The summed E-state index contributed by atoms with van der Waals surface area (Å²) in [5, 5.41) is 23.7. The summed E-state index contributed by atoms with van der Waals surface area (Å²) in [5.41, 5.74) is 2.32. The molecule has 0 aliphatic carbocycles. The lowest BCUT2D eigenvalue weighted by molar-refractivity contribution is -0.117. The number of nitrogens with one attached hydrogen (secondary N) is 2. The van der Waals surface area contributed by atoms with E-state index in [1.807, 2.05) is 37.3 Å². The Morgan fingerprint density at radius 3 is 2.58 bits per heavy atom. The van der Waals surface area contributed by atoms with Crippen LogP contribution in [-0.2, 0) is 11.2 Å². The first-order chi connectivity index (χ1) is 11.6. The van der Waals surface area contributed by atoms with Crippen LogP contribution in [0.5, 0.6) is 0 Å². The molecule has 24 heavy (non-hydrogen) atoms. The molecule has 0 saturated carbocycles. The zero-order valence-corrected chi connectivity index (χ0v) is 14.5. The second kappa shape index (κ2) is 11.3. The van der Waals surface area contributed by atoms with E-state index in [1.54, 1.807) is 0 Å². The van der Waals surface area contributed by atoms with Crippen molar-refractivity contribution in [2.45, 2.75) is 45.6 Å². The summed E-state index contributed by atoms with van der Waals surface area (Å²) in [4.78, 5) is 12.2. The molecule has 1 aromatic carbocycles. The molecule has 1 rings (SSSR count). The number of carbonyl (C=O) groups is 1. The Bertz CT molecular complexity index is 573. The van der Waals surface area contributed by atoms with Crippen molar-refractivity contribution >= 4 is 5.91 Å². The molecule has 5 nitrogen and oxygen atoms in total. The standard InChI is InChI=1S/C19H27N3O2/c1-3-16-7-9-17(10-8-16)15(2)22-19(24)18(13-20)14-21-11-5-4-6-12-23/h7-10,14-15,21,23H,3-6,11-12H2,1-2H3,(H,22,24)/b18-14-. The largest absolute Gasteiger partial charge is 0.396 e. The van der Waals surface area contributed by atoms with Crippen LogP contribution >= 0.6 is 0 Å². The van der Waals surface area contributed by atoms with E-state index in [1.165, 1.54) is 11.8 Å². The highest BCUT2D eigenvalue weighted by atomic mass is 16.2. The average molecular weight is 329 g/mol. The van der Waals surface area contributed by atoms with Gasteiger partial charge in [-0.05, 0) is 43.7 Å². The van der Waals surface area contributed by atoms with Gasteiger partial charge in [0.2, 0.25) is 0 Å². The molecule has 5 heteroatoms. The van der Waals surface area contributed by atoms with Crippen LogP contribution in [0.4, 0.5) is 0 Å². The summed E-state index contributed by atoms with van der Waals surface area (Å²) in [6, 6.07) is 9.86. The summed E-state index contributed by atoms with van der Waals surface area (Å²) in [7, 11) is 0. The number of nitriles is 1. The van der Waals surface area contributed by atoms with E-state index in [-0.39, 0.29) is 24.1 Å². The SMILES string of the molecule is CCc1ccc(C(C)NC(=O)/C(C#N)=C\NCCCCCO)cc1. The van der Waals surface area contributed by atoms with Crippen LogP contribution in [0.25, 0.3) is 0 Å². The Balaban J connectivity index is 2.51. The van der Waals surface area contributed by atoms with Gasteiger partial charge in [0.1, 0.15) is 11.6 Å². The molecular weight excluding hydrogens is 302 g/mol. The van der Waals surface area contributed by atoms with Gasteiger partial charge in [-0.15, -0.1) is 0 Å². The zero-order valence-electron chi connectivity index (χ0n) is 14.5. The minimum absolute atomic E-state index is 0.0641. The van der Waals surface area contributed by atoms with Gasteiger partial charge in [0.05, 0.1) is 6.04 Å². The van der Waals surface area contributed by atoms with Crippen molar-refractivity contribution in [3.8, 4) is 6.07 Å². The maximum absolute atomic E-state index is 12.2. The number of aryl methyl sites for hydroxylation is 1. The Morgan fingerprint density at radius 2 is 2.00 bits per heavy atom. The number of hydrogen-bond acceptors (Lipinski definition) is 4. The van der Waals surface area contributed by atoms with Crippen molar-refractivity contribution in [2.24, 2.45) is 0 Å². The second-order valence-electron chi connectivity index (χ2n) is 5.70. The first-order valence-electron chi connectivity index (χ1n) is 8.46. The molecule has 0 heterocycles. The molecule has 0 radical (unpaired) electrons. The number of rotatable bonds is 10. The van der Waals surface area contributed by atoms with Crippen LogP contribution in [0.1, 0.15) is 50.3 Å². The van der Waals surface area contributed by atoms with Crippen LogP contribution in [0.3, 0.4) is 0 Å². The first kappa shape index (κ1) is 19.7. The van der Waals surface area contributed by atoms with Crippen molar-refractivity contribution in [3.05, 3.63) is 47.2 Å². The van der Waals surface area contributed by atoms with Crippen molar-refractivity contribution in [3.63, 3.8) is 0 Å². The molecule has 0 aliphatic rings. The van der Waals surface area contributed by atoms with Crippen LogP contribution in [0.15, 0.2) is 36.0 Å². The van der Waals surface area contributed by atoms with Gasteiger partial charge in [0, 0.05) is 19.4 Å². The molecule has 0 bridgehead atoms. The number of unbranched alkanes of at least 4 members (excludes halogenated alkanes) is 2. The van der Waals surface area contributed by atoms with Gasteiger partial charge < -0.3 is 15.7 Å². The topological polar surface area (TPSA) is 85.2 Å². The van der Waals surface area contributed by atoms with E-state index in [0.717, 1.165) is 31.2 Å². The third-order valence-corrected chi connectivity index (χ3v) is 3.83. The van der Waals surface area contributed by atoms with Crippen molar-refractivity contribution in [2.75, 3.05) is 13.2 Å². The maximum atomic E-state index is 12.2. The van der Waals surface area contributed by atoms with Crippen LogP contribution < -0.4 is 10.6 Å². The molecule has 1 unspecified atom stereocenters. The Morgan fingerprint density at radius 1 is 1.29 bits per heavy atom. The number of carbonyl (C=O) groups excluding carboxylic acids is 1. The van der Waals surface area contributed by atoms with Gasteiger partial charge in [-0.2, -0.15) is 5.26 Å². The predicted octanol–water partition coefficient (Wildman–Crippen LogP) is 2.59. The lowest BCUT2D eigenvalue weighted by Gasteiger charge is -2.14. The number of benzene rings is 1. The van der Waals surface area contributed by atoms with Crippen LogP contribution in [-0.4, -0.2) is 24.2 Å². The quantitative estimate of drug-likeness (QED) is 0.350. The summed E-state index contributed by atoms with van der Waals surface area (Å²) in [6.07, 6.45) is 5.01. The molecule has 3 N–H and O–H groups in total. The molecular formula is C19H27N3O2. The number of amides is 1. The van der Waals surface area contributed by atoms with E-state index in [4.69, 9.17) is 10.4 Å². The molecule has 1 aromatic rings. The van der Waals surface area contributed by atoms with Gasteiger partial charge in [0.25, 0.3) is 5.91 Å². The average Bonchev–Trinajstić information content (AvgIpc) is 2.61. The minimum atomic E-state index is -0.382. The smallest absolute Gasteiger partial charge is 0.263 e. The Hall–Kier alpha value is -2.32. The lowest BCUT2D eigenvalue weighted by Crippen LogP contribution is -2.28. The van der Waals surface area contributed by atoms with E-state index >= 15 is 0 Å². The van der Waals surface area contributed by atoms with Gasteiger partial charge in [-0.1, -0.05) is 31.2 Å². The molecule has 0 saturated heterocycles. The lowest BCUT2D eigenvalue weighted by atomic mass is 10.0. The third-order valence-electron chi connectivity index (χ3n) is 3.83. The highest BCUT2D eigenvalue weighted by Gasteiger charge is 2.13. The number of nitrogens with zero attached hydrogens (tertiary/aromatic N) is 1. The Kier molecular flexibility index (Phi) is 9.25. The third kappa shape index (κ3) is 6.84. The maximum Gasteiger partial charge on any atom is 0.263 e. The fourth-order valence-corrected chi connectivity index (χ4v) is 2.24. The number of aliphatic hydroxyl groups excluding tert-OH is 1. The summed E-state index contributed by atoms with van der Waals surface area (Å²) >= 11 is 0. The molecule has 0 aromatic heterocycles. The molecule has 1 amide bonds. The van der Waals surface area contributed by atoms with E-state index < -0.39 is 0 Å². The molecule has 1 atom stereocenters. The predicted molar refractivity (Wildman–Crippen MR) is 95.0 cm³/mol. The zero-order chi connectivity index (χ0) is 17.8. The number of hydrogen-bond donors (Lipinski definition) is 3. The fraction of sp³-hybridized carbons (Fsp3) is 0.474. The highest BCUT2D eigenvalue weighted by molar-refractivity contribution is 5.97. The number of aliphatic hydroxyl groups is 1. The molecule has 0 fully saturated rings.